The number of anilines is 1. The number of methoxy groups -OCH3 is 2. The first kappa shape index (κ1) is 46.8. The zero-order valence-corrected chi connectivity index (χ0v) is 36.6. The van der Waals surface area contributed by atoms with Crippen LogP contribution < -0.4 is 16.4 Å². The fourth-order valence-electron chi connectivity index (χ4n) is 8.28. The molecule has 0 unspecified atom stereocenters. The molecular formula is C42H69N7O6S. The van der Waals surface area contributed by atoms with Crippen LogP contribution in [0, 0.1) is 23.7 Å². The Balaban J connectivity index is 1.80. The number of likely N-dealkylation sites (tertiary alicyclic amines) is 1. The lowest BCUT2D eigenvalue weighted by Crippen LogP contribution is -2.59. The van der Waals surface area contributed by atoms with Gasteiger partial charge in [0.2, 0.25) is 23.6 Å². The van der Waals surface area contributed by atoms with Gasteiger partial charge in [-0.05, 0) is 68.8 Å². The van der Waals surface area contributed by atoms with Gasteiger partial charge in [-0.3, -0.25) is 24.1 Å². The smallest absolute Gasteiger partial charge is 0.245 e. The lowest BCUT2D eigenvalue weighted by atomic mass is 9.89. The highest BCUT2D eigenvalue weighted by Gasteiger charge is 2.43. The van der Waals surface area contributed by atoms with Crippen LogP contribution in [0.15, 0.2) is 35.8 Å². The topological polar surface area (TPSA) is 159 Å². The number of nitrogens with one attached hydrogen (secondary N) is 2. The molecule has 9 atom stereocenters. The van der Waals surface area contributed by atoms with Gasteiger partial charge in [-0.15, -0.1) is 11.3 Å². The number of aromatic nitrogens is 1. The van der Waals surface area contributed by atoms with Crippen LogP contribution in [0.25, 0.3) is 0 Å². The van der Waals surface area contributed by atoms with Crippen LogP contribution in [0.4, 0.5) is 5.69 Å². The minimum atomic E-state index is -0.757. The molecule has 0 aliphatic carbocycles. The van der Waals surface area contributed by atoms with Gasteiger partial charge in [-0.1, -0.05) is 67.0 Å². The summed E-state index contributed by atoms with van der Waals surface area (Å²) < 4.78 is 12.1. The van der Waals surface area contributed by atoms with Crippen molar-refractivity contribution in [1.82, 2.24) is 30.3 Å². The summed E-state index contributed by atoms with van der Waals surface area (Å²) in [6.45, 7) is 14.3. The van der Waals surface area contributed by atoms with Gasteiger partial charge in [0, 0.05) is 45.1 Å². The van der Waals surface area contributed by atoms with E-state index in [-0.39, 0.29) is 59.9 Å². The van der Waals surface area contributed by atoms with Crippen LogP contribution in [0.1, 0.15) is 90.8 Å². The molecule has 1 aliphatic heterocycles. The Labute approximate surface area is 339 Å². The van der Waals surface area contributed by atoms with Crippen LogP contribution in [0.5, 0.6) is 0 Å². The Morgan fingerprint density at radius 2 is 1.70 bits per heavy atom. The summed E-state index contributed by atoms with van der Waals surface area (Å²) in [7, 11) is 8.63. The number of ether oxygens (including phenoxy) is 2. The van der Waals surface area contributed by atoms with E-state index in [0.717, 1.165) is 23.4 Å². The lowest BCUT2D eigenvalue weighted by molar-refractivity contribution is -0.148. The fourth-order valence-corrected chi connectivity index (χ4v) is 8.97. The van der Waals surface area contributed by atoms with E-state index in [9.17, 15) is 19.2 Å². The van der Waals surface area contributed by atoms with Crippen molar-refractivity contribution in [3.05, 3.63) is 46.4 Å². The summed E-state index contributed by atoms with van der Waals surface area (Å²) in [6, 6.07) is 5.32. The zero-order valence-electron chi connectivity index (χ0n) is 35.8. The molecule has 4 N–H and O–H groups in total. The normalized spacial score (nSPS) is 18.9. The predicted molar refractivity (Wildman–Crippen MR) is 223 cm³/mol. The fraction of sp³-hybridized carbons (Fsp3) is 0.690. The monoisotopic (exact) mass is 800 g/mol. The van der Waals surface area contributed by atoms with Crippen molar-refractivity contribution in [2.45, 2.75) is 123 Å². The second-order valence-electron chi connectivity index (χ2n) is 16.4. The number of rotatable bonds is 21. The zero-order chi connectivity index (χ0) is 41.9. The van der Waals surface area contributed by atoms with Gasteiger partial charge in [-0.25, -0.2) is 4.98 Å². The maximum absolute atomic E-state index is 14.3. The van der Waals surface area contributed by atoms with E-state index in [1.54, 1.807) is 32.4 Å². The van der Waals surface area contributed by atoms with Crippen LogP contribution in [-0.4, -0.2) is 122 Å². The number of likely N-dealkylation sites (N-methyl/N-ethyl adjacent to an activating group) is 2. The van der Waals surface area contributed by atoms with Crippen molar-refractivity contribution in [2.75, 3.05) is 47.6 Å². The molecule has 1 saturated heterocycles. The number of nitrogens with two attached hydrogens (primary N) is 1. The molecule has 4 amide bonds. The second-order valence-corrected chi connectivity index (χ2v) is 17.3. The Hall–Kier alpha value is -3.59. The highest BCUT2D eigenvalue weighted by molar-refractivity contribution is 7.09. The van der Waals surface area contributed by atoms with Crippen molar-refractivity contribution in [3.63, 3.8) is 0 Å². The molecule has 0 saturated carbocycles. The summed E-state index contributed by atoms with van der Waals surface area (Å²) in [5.74, 6) is -1.45. The van der Waals surface area contributed by atoms with Gasteiger partial charge >= 0.3 is 0 Å². The Bertz CT molecular complexity index is 1550. The third kappa shape index (κ3) is 12.0. The standard InChI is InChI=1S/C42H69N7O6S/c1-13-27(6)37(48(10)42(53)35(25(2)3)46-40(52)36(26(4)5)47(8)9)33(54-11)24-34(50)49-20-15-18-32(49)38(55-12)28(7)39(51)45-31(41-44-19-21-56-41)23-29-16-14-17-30(43)22-29/h14,16-17,19,21-22,25-28,31-33,35-38H,13,15,18,20,23-24,43H2,1-12H3,(H,45,51)(H,46,52)/t27-,28+,31-,32-,33+,35-,36-,37-,38+/m0/s1. The minimum Gasteiger partial charge on any atom is -0.399 e. The first-order valence-corrected chi connectivity index (χ1v) is 21.0. The van der Waals surface area contributed by atoms with E-state index >= 15 is 0 Å². The molecule has 0 radical (unpaired) electrons. The summed E-state index contributed by atoms with van der Waals surface area (Å²) in [5, 5.41) is 8.94. The lowest BCUT2D eigenvalue weighted by Gasteiger charge is -2.41. The number of hydrogen-bond acceptors (Lipinski definition) is 10. The molecule has 14 heteroatoms. The van der Waals surface area contributed by atoms with Crippen molar-refractivity contribution in [3.8, 4) is 0 Å². The summed E-state index contributed by atoms with van der Waals surface area (Å²) in [6.07, 6.45) is 3.31. The molecule has 0 spiro atoms. The van der Waals surface area contributed by atoms with Crippen LogP contribution in [0.3, 0.4) is 0 Å². The van der Waals surface area contributed by atoms with Gasteiger partial charge in [0.05, 0.1) is 48.7 Å². The summed E-state index contributed by atoms with van der Waals surface area (Å²) in [5.41, 5.74) is 7.68. The van der Waals surface area contributed by atoms with E-state index in [1.165, 1.54) is 11.3 Å². The highest BCUT2D eigenvalue weighted by atomic mass is 32.1. The Morgan fingerprint density at radius 3 is 2.23 bits per heavy atom. The van der Waals surface area contributed by atoms with E-state index < -0.39 is 36.3 Å². The van der Waals surface area contributed by atoms with E-state index in [2.05, 4.69) is 29.5 Å². The average molecular weight is 800 g/mol. The molecule has 2 heterocycles. The molecule has 56 heavy (non-hydrogen) atoms. The predicted octanol–water partition coefficient (Wildman–Crippen LogP) is 4.77. The van der Waals surface area contributed by atoms with Gasteiger partial charge in [0.15, 0.2) is 0 Å². The van der Waals surface area contributed by atoms with Crippen molar-refractivity contribution < 1.29 is 28.7 Å². The molecule has 0 bridgehead atoms. The van der Waals surface area contributed by atoms with Crippen LogP contribution >= 0.6 is 11.3 Å². The maximum atomic E-state index is 14.3. The van der Waals surface area contributed by atoms with Crippen LogP contribution in [0.2, 0.25) is 0 Å². The first-order chi connectivity index (χ1) is 26.5. The molecule has 1 aromatic heterocycles. The molecule has 314 valence electrons. The largest absolute Gasteiger partial charge is 0.399 e. The molecule has 1 aliphatic rings. The minimum absolute atomic E-state index is 0.0154. The number of carbonyl (C=O) groups is 4. The van der Waals surface area contributed by atoms with Gasteiger partial charge in [-0.2, -0.15) is 0 Å². The average Bonchev–Trinajstić information content (AvgIpc) is 3.86. The molecule has 13 nitrogen and oxygen atoms in total. The summed E-state index contributed by atoms with van der Waals surface area (Å²) >= 11 is 1.48. The number of benzene rings is 1. The van der Waals surface area contributed by atoms with Crippen molar-refractivity contribution in [2.24, 2.45) is 23.7 Å². The first-order valence-electron chi connectivity index (χ1n) is 20.1. The Morgan fingerprint density at radius 1 is 1.00 bits per heavy atom. The SMILES string of the molecule is CC[C@H](C)[C@@H]([C@@H](CC(=O)N1CCC[C@H]1[C@H](OC)[C@@H](C)C(=O)N[C@@H](Cc1cccc(N)c1)c1nccs1)OC)N(C)C(=O)[C@@H](NC(=O)[C@H](C(C)C)N(C)C)C(C)C. The number of hydrogen-bond donors (Lipinski definition) is 3. The Kier molecular flexibility index (Phi) is 18.2. The number of carbonyl (C=O) groups excluding carboxylic acids is 4. The quantitative estimate of drug-likeness (QED) is 0.151. The number of amides is 4. The van der Waals surface area contributed by atoms with Gasteiger partial charge in [0.25, 0.3) is 0 Å². The number of nitrogen functional groups attached to an aromatic ring is 1. The maximum Gasteiger partial charge on any atom is 0.245 e. The second kappa shape index (κ2) is 21.8. The molecular weight excluding hydrogens is 731 g/mol. The number of nitrogens with zero attached hydrogens (tertiary/aromatic N) is 4. The summed E-state index contributed by atoms with van der Waals surface area (Å²) in [4.78, 5) is 65.9. The molecule has 3 rings (SSSR count). The molecule has 1 aromatic carbocycles. The molecule has 2 aromatic rings. The third-order valence-corrected chi connectivity index (χ3v) is 12.3. The van der Waals surface area contributed by atoms with Gasteiger partial charge in [0.1, 0.15) is 11.0 Å². The van der Waals surface area contributed by atoms with E-state index in [1.807, 2.05) is 88.2 Å². The number of thiazole rings is 1. The highest BCUT2D eigenvalue weighted by Crippen LogP contribution is 2.31. The van der Waals surface area contributed by atoms with Crippen molar-refractivity contribution >= 4 is 40.7 Å². The van der Waals surface area contributed by atoms with Gasteiger partial charge < -0.3 is 35.6 Å². The third-order valence-electron chi connectivity index (χ3n) is 11.4. The van der Waals surface area contributed by atoms with E-state index in [4.69, 9.17) is 15.2 Å². The van der Waals surface area contributed by atoms with Crippen LogP contribution in [-0.2, 0) is 35.1 Å². The van der Waals surface area contributed by atoms with Crippen molar-refractivity contribution in [1.29, 1.82) is 0 Å². The molecule has 1 fully saturated rings. The van der Waals surface area contributed by atoms with E-state index in [0.29, 0.717) is 25.1 Å².